The summed E-state index contributed by atoms with van der Waals surface area (Å²) >= 11 is 0. The fourth-order valence-corrected chi connectivity index (χ4v) is 10.7. The number of amides is 4. The van der Waals surface area contributed by atoms with Gasteiger partial charge in [-0.2, -0.15) is 8.78 Å². The predicted octanol–water partition coefficient (Wildman–Crippen LogP) is 8.31. The number of carbonyl (C=O) groups is 4. The summed E-state index contributed by atoms with van der Waals surface area (Å²) in [5.41, 5.74) is 4.93. The molecule has 15 nitrogen and oxygen atoms in total. The quantitative estimate of drug-likeness (QED) is 0.0993. The van der Waals surface area contributed by atoms with E-state index >= 15 is 8.78 Å². The number of aromatic amines is 2. The zero-order valence-corrected chi connectivity index (χ0v) is 37.3. The van der Waals surface area contributed by atoms with Crippen LogP contribution in [0.25, 0.3) is 44.5 Å². The Bertz CT molecular complexity index is 2900. The molecule has 4 amide bonds. The van der Waals surface area contributed by atoms with E-state index in [0.717, 1.165) is 24.8 Å². The highest BCUT2D eigenvalue weighted by Gasteiger charge is 2.52. The maximum absolute atomic E-state index is 16.7. The number of aromatic nitrogens is 4. The second-order valence-corrected chi connectivity index (χ2v) is 17.8. The number of nitrogens with zero attached hydrogens (tertiary/aromatic N) is 4. The van der Waals surface area contributed by atoms with Crippen molar-refractivity contribution in [3.8, 4) is 33.5 Å². The van der Waals surface area contributed by atoms with E-state index in [1.165, 1.54) is 27.4 Å². The number of carbonyl (C=O) groups excluding carboxylic acids is 4. The second-order valence-electron chi connectivity index (χ2n) is 17.8. The minimum atomic E-state index is -3.31. The van der Waals surface area contributed by atoms with Gasteiger partial charge < -0.3 is 44.6 Å². The molecule has 346 valence electrons. The van der Waals surface area contributed by atoms with E-state index in [9.17, 15) is 19.2 Å². The molecule has 7 atom stereocenters. The molecular weight excluding hydrogens is 863 g/mol. The molecule has 4 N–H and O–H groups in total. The van der Waals surface area contributed by atoms with Gasteiger partial charge in [-0.25, -0.2) is 19.6 Å². The highest BCUT2D eigenvalue weighted by atomic mass is 19.3. The molecule has 2 saturated heterocycles. The first kappa shape index (κ1) is 43.7. The molecule has 67 heavy (non-hydrogen) atoms. The van der Waals surface area contributed by atoms with Crippen molar-refractivity contribution in [2.24, 2.45) is 5.92 Å². The summed E-state index contributed by atoms with van der Waals surface area (Å²) in [7, 11) is 3.97. The van der Waals surface area contributed by atoms with Crippen molar-refractivity contribution >= 4 is 35.0 Å². The number of imidazole rings is 2. The summed E-state index contributed by atoms with van der Waals surface area (Å²) in [6.07, 6.45) is 3.53. The van der Waals surface area contributed by atoms with Crippen LogP contribution in [0.4, 0.5) is 18.4 Å². The van der Waals surface area contributed by atoms with Gasteiger partial charge in [0.05, 0.1) is 49.1 Å². The van der Waals surface area contributed by atoms with Crippen molar-refractivity contribution in [2.75, 3.05) is 27.9 Å². The Balaban J connectivity index is 0.886. The third-order valence-corrected chi connectivity index (χ3v) is 14.1. The van der Waals surface area contributed by atoms with E-state index in [-0.39, 0.29) is 40.9 Å². The molecule has 2 aliphatic heterocycles. The molecule has 4 aromatic carbocycles. The van der Waals surface area contributed by atoms with Gasteiger partial charge in [0, 0.05) is 42.6 Å². The smallest absolute Gasteiger partial charge is 0.407 e. The lowest BCUT2D eigenvalue weighted by molar-refractivity contribution is -0.141. The van der Waals surface area contributed by atoms with E-state index in [0.29, 0.717) is 75.6 Å². The summed E-state index contributed by atoms with van der Waals surface area (Å²) in [6.45, 7) is 2.17. The van der Waals surface area contributed by atoms with Gasteiger partial charge in [-0.3, -0.25) is 9.59 Å². The molecule has 6 aromatic rings. The highest BCUT2D eigenvalue weighted by molar-refractivity contribution is 5.90. The lowest BCUT2D eigenvalue weighted by atomic mass is 9.97. The van der Waals surface area contributed by atoms with Crippen molar-refractivity contribution in [1.29, 1.82) is 0 Å². The number of rotatable bonds is 11. The number of piperidine rings is 1. The van der Waals surface area contributed by atoms with Gasteiger partial charge in [-0.1, -0.05) is 60.7 Å². The number of methoxy groups -OCH3 is 3. The average molecular weight is 913 g/mol. The Labute approximate surface area is 384 Å². The minimum Gasteiger partial charge on any atom is -0.453 e. The Hall–Kier alpha value is -7.14. The molecule has 3 fully saturated rings. The maximum atomic E-state index is 16.7. The largest absolute Gasteiger partial charge is 0.453 e. The number of nitrogens with one attached hydrogen (secondary N) is 4. The Kier molecular flexibility index (Phi) is 11.3. The van der Waals surface area contributed by atoms with E-state index < -0.39 is 42.3 Å². The SMILES string of the molecule is COC(=O)N[C@H](C(=O)N1[C@@H]2CC[C@@H](C2)[C@H]1c1nc2ccc(-c3ccc4c(c3)C(F)(F)c3cc(-c5c[nH]c(C6CCCN6C(=O)[C@H](NC(=O)OC)c6ccccc6)n5)ccc3-4)cc2[nH]1)[C@@H](C)OC. The number of alkyl halides is 2. The first-order valence-electron chi connectivity index (χ1n) is 22.5. The molecule has 2 bridgehead atoms. The normalized spacial score (nSPS) is 21.4. The molecule has 0 spiro atoms. The van der Waals surface area contributed by atoms with E-state index in [1.54, 1.807) is 66.6 Å². The van der Waals surface area contributed by atoms with Gasteiger partial charge in [-0.15, -0.1) is 0 Å². The molecule has 17 heteroatoms. The fourth-order valence-electron chi connectivity index (χ4n) is 10.7. The van der Waals surface area contributed by atoms with Gasteiger partial charge in [0.2, 0.25) is 5.91 Å². The number of fused-ring (bicyclic) bond motifs is 6. The molecule has 4 aliphatic rings. The topological polar surface area (TPSA) is 184 Å². The Morgan fingerprint density at radius 3 is 2.21 bits per heavy atom. The number of likely N-dealkylation sites (tertiary alicyclic amines) is 2. The molecule has 4 heterocycles. The minimum absolute atomic E-state index is 0.0136. The third-order valence-electron chi connectivity index (χ3n) is 14.1. The standard InChI is InChI=1S/C50H50F2N8O7/c1-26(65-2)41(57-48(63)66-3)47(62)60-32-16-12-31(21-32)43(60)45-54-37-19-15-29(24-38(37)55-45)28-13-17-33-34-18-14-30(23-36(34)50(51,52)35(33)22-28)39-25-53-44(56-39)40-11-8-20-59(40)46(61)42(58-49(64)67-4)27-9-6-5-7-10-27/h5-7,9-10,13-15,17-19,22-26,31-32,40-43H,8,11-12,16,20-21H2,1-4H3,(H,53,56)(H,54,55)(H,57,63)(H,58,64)/t26-,31+,32-,40?,41+,42-,43+/m1/s1. The van der Waals surface area contributed by atoms with Crippen LogP contribution in [0.1, 0.15) is 85.5 Å². The van der Waals surface area contributed by atoms with Crippen LogP contribution < -0.4 is 10.6 Å². The molecular formula is C50H50F2N8O7. The lowest BCUT2D eigenvalue weighted by Crippen LogP contribution is -2.56. The number of hydrogen-bond acceptors (Lipinski definition) is 9. The fraction of sp³-hybridized carbons (Fsp3) is 0.360. The number of ether oxygens (including phenoxy) is 3. The molecule has 1 unspecified atom stereocenters. The monoisotopic (exact) mass is 912 g/mol. The zero-order valence-electron chi connectivity index (χ0n) is 37.3. The maximum Gasteiger partial charge on any atom is 0.407 e. The summed E-state index contributed by atoms with van der Waals surface area (Å²) in [6, 6.07) is 21.9. The van der Waals surface area contributed by atoms with Gasteiger partial charge >= 0.3 is 12.2 Å². The van der Waals surface area contributed by atoms with Crippen LogP contribution in [-0.4, -0.2) is 99.8 Å². The van der Waals surface area contributed by atoms with Gasteiger partial charge in [0.1, 0.15) is 23.7 Å². The van der Waals surface area contributed by atoms with Crippen molar-refractivity contribution in [3.05, 3.63) is 119 Å². The number of hydrogen-bond donors (Lipinski definition) is 4. The Morgan fingerprint density at radius 1 is 0.791 bits per heavy atom. The molecule has 2 aliphatic carbocycles. The predicted molar refractivity (Wildman–Crippen MR) is 242 cm³/mol. The van der Waals surface area contributed by atoms with Crippen LogP contribution >= 0.6 is 0 Å². The third kappa shape index (κ3) is 7.64. The molecule has 2 aromatic heterocycles. The number of H-pyrrole nitrogens is 2. The van der Waals surface area contributed by atoms with Gasteiger partial charge in [-0.05, 0) is 97.0 Å². The van der Waals surface area contributed by atoms with Gasteiger partial charge in [0.15, 0.2) is 0 Å². The number of alkyl carbamates (subject to hydrolysis) is 2. The van der Waals surface area contributed by atoms with Crippen molar-refractivity contribution in [3.63, 3.8) is 0 Å². The summed E-state index contributed by atoms with van der Waals surface area (Å²) in [5, 5.41) is 5.32. The van der Waals surface area contributed by atoms with Crippen LogP contribution in [0.2, 0.25) is 0 Å². The number of halogens is 2. The summed E-state index contributed by atoms with van der Waals surface area (Å²) < 4.78 is 48.5. The number of benzene rings is 4. The van der Waals surface area contributed by atoms with Crippen LogP contribution in [0.5, 0.6) is 0 Å². The molecule has 1 saturated carbocycles. The summed E-state index contributed by atoms with van der Waals surface area (Å²) in [4.78, 5) is 72.7. The summed E-state index contributed by atoms with van der Waals surface area (Å²) in [5.74, 6) is -2.57. The van der Waals surface area contributed by atoms with Crippen molar-refractivity contribution < 1.29 is 42.2 Å². The highest BCUT2D eigenvalue weighted by Crippen LogP contribution is 2.53. The van der Waals surface area contributed by atoms with Crippen molar-refractivity contribution in [2.45, 2.75) is 81.3 Å². The van der Waals surface area contributed by atoms with E-state index in [1.807, 2.05) is 35.2 Å². The Morgan fingerprint density at radius 2 is 1.48 bits per heavy atom. The second kappa shape index (κ2) is 17.3. The lowest BCUT2D eigenvalue weighted by Gasteiger charge is -2.37. The average Bonchev–Trinajstić information content (AvgIpc) is 4.23. The van der Waals surface area contributed by atoms with Crippen molar-refractivity contribution in [1.82, 2.24) is 40.4 Å². The van der Waals surface area contributed by atoms with E-state index in [2.05, 4.69) is 20.6 Å². The van der Waals surface area contributed by atoms with Gasteiger partial charge in [0.25, 0.3) is 11.8 Å². The van der Waals surface area contributed by atoms with E-state index in [4.69, 9.17) is 24.2 Å². The molecule has 0 radical (unpaired) electrons. The van der Waals surface area contributed by atoms with Crippen LogP contribution in [0, 0.1) is 5.92 Å². The molecule has 10 rings (SSSR count). The van der Waals surface area contributed by atoms with Crippen LogP contribution in [-0.2, 0) is 29.7 Å². The zero-order chi connectivity index (χ0) is 46.7. The first-order valence-corrected chi connectivity index (χ1v) is 22.5. The first-order chi connectivity index (χ1) is 32.4. The van der Waals surface area contributed by atoms with Crippen LogP contribution in [0.15, 0.2) is 91.1 Å². The van der Waals surface area contributed by atoms with Crippen LogP contribution in [0.3, 0.4) is 0 Å².